The van der Waals surface area contributed by atoms with Gasteiger partial charge in [0.25, 0.3) is 0 Å². The smallest absolute Gasteiger partial charge is 0.324 e. The quantitative estimate of drug-likeness (QED) is 0.608. The number of piperidine rings is 1. The van der Waals surface area contributed by atoms with Crippen molar-refractivity contribution in [2.75, 3.05) is 39.3 Å². The topological polar surface area (TPSA) is 64.6 Å². The third kappa shape index (κ3) is 3.91. The van der Waals surface area contributed by atoms with Crippen LogP contribution in [-0.2, 0) is 4.79 Å². The van der Waals surface area contributed by atoms with Crippen LogP contribution in [0, 0.1) is 5.92 Å². The molecule has 1 saturated heterocycles. The zero-order valence-electron chi connectivity index (χ0n) is 12.5. The highest BCUT2D eigenvalue weighted by Crippen LogP contribution is 2.27. The molecule has 2 unspecified atom stereocenters. The standard InChI is InChI=1S/C14H29N3O2/c1-4-12-11-15-8-7-14(12,13(18)19)16-9-10-17(5-2)6-3/h12,15-16H,4-11H2,1-3H3,(H,18,19). The molecule has 1 heterocycles. The fraction of sp³-hybridized carbons (Fsp3) is 0.929. The zero-order valence-corrected chi connectivity index (χ0v) is 12.5. The zero-order chi connectivity index (χ0) is 14.3. The summed E-state index contributed by atoms with van der Waals surface area (Å²) in [5.74, 6) is -0.532. The number of aliphatic carboxylic acids is 1. The van der Waals surface area contributed by atoms with Gasteiger partial charge in [-0.15, -0.1) is 0 Å². The first kappa shape index (κ1) is 16.4. The minimum Gasteiger partial charge on any atom is -0.480 e. The summed E-state index contributed by atoms with van der Waals surface area (Å²) in [6.45, 7) is 11.6. The van der Waals surface area contributed by atoms with Crippen molar-refractivity contribution in [2.24, 2.45) is 5.92 Å². The van der Waals surface area contributed by atoms with Crippen LogP contribution >= 0.6 is 0 Å². The Morgan fingerprint density at radius 3 is 2.63 bits per heavy atom. The molecule has 5 nitrogen and oxygen atoms in total. The van der Waals surface area contributed by atoms with Crippen LogP contribution in [0.3, 0.4) is 0 Å². The van der Waals surface area contributed by atoms with Gasteiger partial charge in [0, 0.05) is 25.6 Å². The van der Waals surface area contributed by atoms with Gasteiger partial charge >= 0.3 is 5.97 Å². The molecule has 0 aromatic rings. The second-order valence-electron chi connectivity index (χ2n) is 5.29. The van der Waals surface area contributed by atoms with Gasteiger partial charge in [0.05, 0.1) is 0 Å². The first-order valence-corrected chi connectivity index (χ1v) is 7.52. The highest BCUT2D eigenvalue weighted by molar-refractivity contribution is 5.79. The van der Waals surface area contributed by atoms with Crippen LogP contribution < -0.4 is 10.6 Å². The van der Waals surface area contributed by atoms with E-state index in [1.54, 1.807) is 0 Å². The van der Waals surface area contributed by atoms with E-state index < -0.39 is 11.5 Å². The van der Waals surface area contributed by atoms with Crippen molar-refractivity contribution in [1.82, 2.24) is 15.5 Å². The van der Waals surface area contributed by atoms with Crippen molar-refractivity contribution in [1.29, 1.82) is 0 Å². The third-order valence-corrected chi connectivity index (χ3v) is 4.42. The van der Waals surface area contributed by atoms with Crippen molar-refractivity contribution < 1.29 is 9.90 Å². The van der Waals surface area contributed by atoms with E-state index in [9.17, 15) is 9.90 Å². The summed E-state index contributed by atoms with van der Waals surface area (Å²) in [7, 11) is 0. The van der Waals surface area contributed by atoms with E-state index in [4.69, 9.17) is 0 Å². The molecule has 1 aliphatic heterocycles. The van der Waals surface area contributed by atoms with Crippen molar-refractivity contribution >= 4 is 5.97 Å². The molecular weight excluding hydrogens is 242 g/mol. The third-order valence-electron chi connectivity index (χ3n) is 4.42. The highest BCUT2D eigenvalue weighted by Gasteiger charge is 2.45. The van der Waals surface area contributed by atoms with Crippen LogP contribution in [0.25, 0.3) is 0 Å². The SMILES string of the molecule is CCC1CNCCC1(NCCN(CC)CC)C(=O)O. The summed E-state index contributed by atoms with van der Waals surface area (Å²) in [6.07, 6.45) is 1.55. The molecule has 0 amide bonds. The van der Waals surface area contributed by atoms with Crippen molar-refractivity contribution in [3.63, 3.8) is 0 Å². The number of likely N-dealkylation sites (N-methyl/N-ethyl adjacent to an activating group) is 1. The Labute approximate surface area is 116 Å². The lowest BCUT2D eigenvalue weighted by Crippen LogP contribution is -2.64. The number of nitrogens with one attached hydrogen (secondary N) is 2. The summed E-state index contributed by atoms with van der Waals surface area (Å²) in [6, 6.07) is 0. The van der Waals surface area contributed by atoms with Crippen LogP contribution in [-0.4, -0.2) is 60.8 Å². The van der Waals surface area contributed by atoms with E-state index in [1.807, 2.05) is 0 Å². The van der Waals surface area contributed by atoms with E-state index in [0.29, 0.717) is 6.42 Å². The largest absolute Gasteiger partial charge is 0.480 e. The number of hydrogen-bond donors (Lipinski definition) is 3. The fourth-order valence-corrected chi connectivity index (χ4v) is 3.00. The van der Waals surface area contributed by atoms with E-state index in [2.05, 4.69) is 36.3 Å². The maximum absolute atomic E-state index is 11.8. The van der Waals surface area contributed by atoms with E-state index in [0.717, 1.165) is 45.7 Å². The molecule has 1 fully saturated rings. The average Bonchev–Trinajstić information content (AvgIpc) is 2.43. The predicted molar refractivity (Wildman–Crippen MR) is 77.4 cm³/mol. The lowest BCUT2D eigenvalue weighted by Gasteiger charge is -2.42. The first-order valence-electron chi connectivity index (χ1n) is 7.52. The Balaban J connectivity index is 2.63. The van der Waals surface area contributed by atoms with E-state index in [-0.39, 0.29) is 5.92 Å². The number of rotatable bonds is 8. The van der Waals surface area contributed by atoms with Gasteiger partial charge in [0.2, 0.25) is 0 Å². The summed E-state index contributed by atoms with van der Waals surface area (Å²) < 4.78 is 0. The molecule has 1 aliphatic rings. The first-order chi connectivity index (χ1) is 9.10. The molecule has 0 spiro atoms. The van der Waals surface area contributed by atoms with Crippen molar-refractivity contribution in [3.8, 4) is 0 Å². The number of carboxylic acids is 1. The van der Waals surface area contributed by atoms with Crippen LogP contribution in [0.5, 0.6) is 0 Å². The molecule has 0 aromatic heterocycles. The van der Waals surface area contributed by atoms with Gasteiger partial charge in [-0.05, 0) is 32.5 Å². The summed E-state index contributed by atoms with van der Waals surface area (Å²) in [4.78, 5) is 14.1. The van der Waals surface area contributed by atoms with Crippen LogP contribution in [0.4, 0.5) is 0 Å². The number of hydrogen-bond acceptors (Lipinski definition) is 4. The molecular formula is C14H29N3O2. The fourth-order valence-electron chi connectivity index (χ4n) is 3.00. The molecule has 0 bridgehead atoms. The molecule has 1 rings (SSSR count). The Morgan fingerprint density at radius 2 is 2.11 bits per heavy atom. The van der Waals surface area contributed by atoms with E-state index >= 15 is 0 Å². The van der Waals surface area contributed by atoms with Gasteiger partial charge in [-0.25, -0.2) is 0 Å². The molecule has 19 heavy (non-hydrogen) atoms. The minimum absolute atomic E-state index is 0.162. The summed E-state index contributed by atoms with van der Waals surface area (Å²) in [5, 5.41) is 16.3. The second kappa shape index (κ2) is 7.82. The maximum atomic E-state index is 11.8. The monoisotopic (exact) mass is 271 g/mol. The number of carboxylic acid groups (broad SMARTS) is 1. The molecule has 0 radical (unpaired) electrons. The molecule has 0 aromatic carbocycles. The van der Waals surface area contributed by atoms with Gasteiger partial charge < -0.3 is 20.6 Å². The van der Waals surface area contributed by atoms with Gasteiger partial charge in [0.15, 0.2) is 0 Å². The Hall–Kier alpha value is -0.650. The average molecular weight is 271 g/mol. The number of nitrogens with zero attached hydrogens (tertiary/aromatic N) is 1. The lowest BCUT2D eigenvalue weighted by molar-refractivity contribution is -0.149. The molecule has 5 heteroatoms. The summed E-state index contributed by atoms with van der Waals surface area (Å²) >= 11 is 0. The van der Waals surface area contributed by atoms with Crippen molar-refractivity contribution in [2.45, 2.75) is 39.2 Å². The molecule has 3 N–H and O–H groups in total. The minimum atomic E-state index is -0.743. The lowest BCUT2D eigenvalue weighted by atomic mass is 9.77. The van der Waals surface area contributed by atoms with Crippen molar-refractivity contribution in [3.05, 3.63) is 0 Å². The maximum Gasteiger partial charge on any atom is 0.324 e. The van der Waals surface area contributed by atoms with Gasteiger partial charge in [0.1, 0.15) is 5.54 Å². The Morgan fingerprint density at radius 1 is 1.42 bits per heavy atom. The van der Waals surface area contributed by atoms with E-state index in [1.165, 1.54) is 0 Å². The Bertz CT molecular complexity index is 282. The van der Waals surface area contributed by atoms with Gasteiger partial charge in [-0.3, -0.25) is 4.79 Å². The van der Waals surface area contributed by atoms with Crippen LogP contribution in [0.1, 0.15) is 33.6 Å². The van der Waals surface area contributed by atoms with Crippen LogP contribution in [0.2, 0.25) is 0 Å². The van der Waals surface area contributed by atoms with Crippen LogP contribution in [0.15, 0.2) is 0 Å². The molecule has 112 valence electrons. The number of carbonyl (C=O) groups is 1. The molecule has 0 saturated carbocycles. The Kier molecular flexibility index (Phi) is 6.75. The molecule has 2 atom stereocenters. The van der Waals surface area contributed by atoms with Gasteiger partial charge in [-0.1, -0.05) is 20.8 Å². The highest BCUT2D eigenvalue weighted by atomic mass is 16.4. The van der Waals surface area contributed by atoms with Gasteiger partial charge in [-0.2, -0.15) is 0 Å². The predicted octanol–water partition coefficient (Wildman–Crippen LogP) is 0.761. The normalized spacial score (nSPS) is 27.7. The summed E-state index contributed by atoms with van der Waals surface area (Å²) in [5.41, 5.74) is -0.743. The second-order valence-corrected chi connectivity index (χ2v) is 5.29. The molecule has 0 aliphatic carbocycles.